The minimum Gasteiger partial charge on any atom is -0.290 e. The molecule has 0 amide bonds. The molecule has 0 N–H and O–H groups in total. The van der Waals surface area contributed by atoms with Gasteiger partial charge in [0, 0.05) is 35.7 Å². The van der Waals surface area contributed by atoms with Crippen molar-refractivity contribution in [3.8, 4) is 0 Å². The molecule has 31 heavy (non-hydrogen) atoms. The number of sulfonamides is 1. The molecular weight excluding hydrogens is 496 g/mol. The smallest absolute Gasteiger partial charge is 0.243 e. The Kier molecular flexibility index (Phi) is 6.84. The van der Waals surface area contributed by atoms with Crippen molar-refractivity contribution in [2.24, 2.45) is 0 Å². The van der Waals surface area contributed by atoms with E-state index in [9.17, 15) is 8.42 Å². The maximum atomic E-state index is 13.3. The van der Waals surface area contributed by atoms with Crippen LogP contribution in [0.2, 0.25) is 5.02 Å². The maximum absolute atomic E-state index is 13.3. The summed E-state index contributed by atoms with van der Waals surface area (Å²) in [5.41, 5.74) is 2.99. The highest BCUT2D eigenvalue weighted by molar-refractivity contribution is 9.10. The number of piperazine rings is 1. The van der Waals surface area contributed by atoms with Gasteiger partial charge < -0.3 is 0 Å². The van der Waals surface area contributed by atoms with Crippen molar-refractivity contribution in [3.63, 3.8) is 0 Å². The molecule has 1 aliphatic heterocycles. The Hall–Kier alpha value is -1.70. The van der Waals surface area contributed by atoms with Crippen LogP contribution in [0.15, 0.2) is 82.2 Å². The average molecular weight is 520 g/mol. The molecular formula is C24H24BrClN2O2S. The van der Waals surface area contributed by atoms with Gasteiger partial charge in [-0.1, -0.05) is 76.1 Å². The van der Waals surface area contributed by atoms with Gasteiger partial charge in [0.25, 0.3) is 0 Å². The number of hydrogen-bond acceptors (Lipinski definition) is 3. The highest BCUT2D eigenvalue weighted by Crippen LogP contribution is 2.32. The zero-order valence-electron chi connectivity index (χ0n) is 17.2. The SMILES string of the molecule is Cc1c(Cl)cccc1S(=O)(=O)N1CCN(C(c2ccccc2)c2ccc(Br)cc2)CC1. The topological polar surface area (TPSA) is 40.6 Å². The quantitative estimate of drug-likeness (QED) is 0.446. The van der Waals surface area contributed by atoms with E-state index in [1.165, 1.54) is 11.1 Å². The van der Waals surface area contributed by atoms with Gasteiger partial charge in [-0.25, -0.2) is 8.42 Å². The van der Waals surface area contributed by atoms with Gasteiger partial charge in [-0.15, -0.1) is 0 Å². The summed E-state index contributed by atoms with van der Waals surface area (Å²) >= 11 is 9.69. The van der Waals surface area contributed by atoms with Gasteiger partial charge in [-0.2, -0.15) is 4.31 Å². The molecule has 1 saturated heterocycles. The summed E-state index contributed by atoms with van der Waals surface area (Å²) in [6.07, 6.45) is 0. The van der Waals surface area contributed by atoms with Crippen molar-refractivity contribution < 1.29 is 8.42 Å². The normalized spacial score (nSPS) is 16.9. The summed E-state index contributed by atoms with van der Waals surface area (Å²) in [5, 5.41) is 0.471. The lowest BCUT2D eigenvalue weighted by molar-refractivity contribution is 0.156. The fourth-order valence-corrected chi connectivity index (χ4v) is 6.27. The van der Waals surface area contributed by atoms with E-state index in [0.29, 0.717) is 41.7 Å². The van der Waals surface area contributed by atoms with Crippen molar-refractivity contribution in [3.05, 3.63) is 99.0 Å². The highest BCUT2D eigenvalue weighted by Gasteiger charge is 2.33. The van der Waals surface area contributed by atoms with Crippen LogP contribution in [-0.4, -0.2) is 43.8 Å². The molecule has 4 rings (SSSR count). The van der Waals surface area contributed by atoms with Crippen molar-refractivity contribution in [1.82, 2.24) is 9.21 Å². The summed E-state index contributed by atoms with van der Waals surface area (Å²) in [6, 6.07) is 23.8. The molecule has 4 nitrogen and oxygen atoms in total. The summed E-state index contributed by atoms with van der Waals surface area (Å²) < 4.78 is 29.1. The second-order valence-electron chi connectivity index (χ2n) is 7.67. The van der Waals surface area contributed by atoms with E-state index < -0.39 is 10.0 Å². The van der Waals surface area contributed by atoms with Gasteiger partial charge in [0.1, 0.15) is 0 Å². The molecule has 3 aromatic rings. The van der Waals surface area contributed by atoms with Crippen LogP contribution >= 0.6 is 27.5 Å². The standard InChI is InChI=1S/C24H24BrClN2O2S/c1-18-22(26)8-5-9-23(18)31(29,30)28-16-14-27(15-17-28)24(19-6-3-2-4-7-19)20-10-12-21(25)13-11-20/h2-13,24H,14-17H2,1H3. The zero-order valence-corrected chi connectivity index (χ0v) is 20.4. The monoisotopic (exact) mass is 518 g/mol. The number of nitrogens with zero attached hydrogens (tertiary/aromatic N) is 2. The van der Waals surface area contributed by atoms with Gasteiger partial charge in [0.05, 0.1) is 10.9 Å². The molecule has 0 aromatic heterocycles. The Morgan fingerprint density at radius 1 is 0.839 bits per heavy atom. The van der Waals surface area contributed by atoms with Crippen molar-refractivity contribution in [2.45, 2.75) is 17.9 Å². The number of hydrogen-bond donors (Lipinski definition) is 0. The van der Waals surface area contributed by atoms with Gasteiger partial charge in [-0.3, -0.25) is 4.90 Å². The Labute approximate surface area is 197 Å². The molecule has 0 saturated carbocycles. The van der Waals surface area contributed by atoms with Crippen molar-refractivity contribution in [1.29, 1.82) is 0 Å². The van der Waals surface area contributed by atoms with Crippen molar-refractivity contribution in [2.75, 3.05) is 26.2 Å². The molecule has 0 spiro atoms. The molecule has 0 radical (unpaired) electrons. The summed E-state index contributed by atoms with van der Waals surface area (Å²) in [7, 11) is -3.58. The van der Waals surface area contributed by atoms with Crippen LogP contribution in [0.5, 0.6) is 0 Å². The van der Waals surface area contributed by atoms with Crippen LogP contribution in [0.1, 0.15) is 22.7 Å². The van der Waals surface area contributed by atoms with E-state index in [0.717, 1.165) is 4.47 Å². The van der Waals surface area contributed by atoms with E-state index in [1.807, 2.05) is 30.3 Å². The van der Waals surface area contributed by atoms with Crippen LogP contribution in [-0.2, 0) is 10.0 Å². The highest BCUT2D eigenvalue weighted by atomic mass is 79.9. The fourth-order valence-electron chi connectivity index (χ4n) is 4.10. The average Bonchev–Trinajstić information content (AvgIpc) is 2.78. The lowest BCUT2D eigenvalue weighted by Crippen LogP contribution is -2.49. The van der Waals surface area contributed by atoms with Crippen LogP contribution in [0, 0.1) is 6.92 Å². The van der Waals surface area contributed by atoms with Crippen LogP contribution in [0.25, 0.3) is 0 Å². The maximum Gasteiger partial charge on any atom is 0.243 e. The van der Waals surface area contributed by atoms with Gasteiger partial charge in [-0.05, 0) is 47.9 Å². The first-order valence-corrected chi connectivity index (χ1v) is 12.8. The first kappa shape index (κ1) is 22.5. The lowest BCUT2D eigenvalue weighted by Gasteiger charge is -2.39. The van der Waals surface area contributed by atoms with Crippen LogP contribution in [0.3, 0.4) is 0 Å². The molecule has 1 unspecified atom stereocenters. The minimum atomic E-state index is -3.58. The van der Waals surface area contributed by atoms with E-state index in [2.05, 4.69) is 45.1 Å². The second-order valence-corrected chi connectivity index (χ2v) is 10.9. The summed E-state index contributed by atoms with van der Waals surface area (Å²) in [4.78, 5) is 2.65. The molecule has 7 heteroatoms. The van der Waals surface area contributed by atoms with Crippen LogP contribution < -0.4 is 0 Å². The fraction of sp³-hybridized carbons (Fsp3) is 0.250. The predicted octanol–water partition coefficient (Wildman–Crippen LogP) is 5.51. The van der Waals surface area contributed by atoms with Crippen LogP contribution in [0.4, 0.5) is 0 Å². The number of halogens is 2. The largest absolute Gasteiger partial charge is 0.290 e. The molecule has 1 aliphatic rings. The number of benzene rings is 3. The van der Waals surface area contributed by atoms with Gasteiger partial charge >= 0.3 is 0 Å². The third-order valence-corrected chi connectivity index (χ3v) is 8.76. The van der Waals surface area contributed by atoms with E-state index in [-0.39, 0.29) is 6.04 Å². The Morgan fingerprint density at radius 2 is 1.45 bits per heavy atom. The van der Waals surface area contributed by atoms with Gasteiger partial charge in [0.2, 0.25) is 10.0 Å². The third kappa shape index (κ3) is 4.73. The predicted molar refractivity (Wildman–Crippen MR) is 129 cm³/mol. The minimum absolute atomic E-state index is 0.0760. The van der Waals surface area contributed by atoms with E-state index >= 15 is 0 Å². The van der Waals surface area contributed by atoms with E-state index in [1.54, 1.807) is 29.4 Å². The lowest BCUT2D eigenvalue weighted by atomic mass is 9.96. The summed E-state index contributed by atoms with van der Waals surface area (Å²) in [6.45, 7) is 3.93. The molecule has 0 bridgehead atoms. The first-order valence-electron chi connectivity index (χ1n) is 10.2. The molecule has 1 atom stereocenters. The first-order chi connectivity index (χ1) is 14.9. The summed E-state index contributed by atoms with van der Waals surface area (Å²) in [5.74, 6) is 0. The molecule has 1 fully saturated rings. The van der Waals surface area contributed by atoms with Gasteiger partial charge in [0.15, 0.2) is 0 Å². The molecule has 1 heterocycles. The van der Waals surface area contributed by atoms with E-state index in [4.69, 9.17) is 11.6 Å². The second kappa shape index (κ2) is 9.43. The Morgan fingerprint density at radius 3 is 2.10 bits per heavy atom. The molecule has 162 valence electrons. The molecule has 3 aromatic carbocycles. The third-order valence-electron chi connectivity index (χ3n) is 5.78. The Bertz CT molecular complexity index is 1150. The molecule has 0 aliphatic carbocycles. The number of rotatable bonds is 5. The zero-order chi connectivity index (χ0) is 22.0. The van der Waals surface area contributed by atoms with Crippen molar-refractivity contribution >= 4 is 37.6 Å². The Balaban J connectivity index is 1.58.